The molecule has 0 bridgehead atoms. The fourth-order valence-electron chi connectivity index (χ4n) is 2.06. The van der Waals surface area contributed by atoms with Crippen molar-refractivity contribution in [3.05, 3.63) is 53.3 Å². The third-order valence-corrected chi connectivity index (χ3v) is 3.35. The first kappa shape index (κ1) is 18.1. The zero-order valence-electron chi connectivity index (χ0n) is 13.9. The molecule has 0 aliphatic rings. The Kier molecular flexibility index (Phi) is 5.78. The largest absolute Gasteiger partial charge is 0.496 e. The van der Waals surface area contributed by atoms with Crippen LogP contribution < -0.4 is 25.1 Å². The molecule has 0 fully saturated rings. The molecule has 0 heterocycles. The standard InChI is InChI=1S/C17H17FN2O5/c1-23-13-9-15(25-3)14(24-2)8-12(13)17(22)20-19-16(21)10-4-6-11(18)7-5-10/h4-9H,1-3H3,(H,19,21)(H,20,22). The number of rotatable bonds is 5. The smallest absolute Gasteiger partial charge is 0.273 e. The van der Waals surface area contributed by atoms with E-state index in [1.807, 2.05) is 0 Å². The predicted molar refractivity (Wildman–Crippen MR) is 87.4 cm³/mol. The Morgan fingerprint density at radius 3 is 1.88 bits per heavy atom. The van der Waals surface area contributed by atoms with Gasteiger partial charge >= 0.3 is 0 Å². The lowest BCUT2D eigenvalue weighted by Crippen LogP contribution is -2.41. The van der Waals surface area contributed by atoms with E-state index < -0.39 is 17.6 Å². The van der Waals surface area contributed by atoms with Crippen LogP contribution in [0.3, 0.4) is 0 Å². The molecular weight excluding hydrogens is 331 g/mol. The van der Waals surface area contributed by atoms with Crippen LogP contribution in [0, 0.1) is 5.82 Å². The van der Waals surface area contributed by atoms with Crippen LogP contribution in [0.4, 0.5) is 4.39 Å². The zero-order valence-corrected chi connectivity index (χ0v) is 13.9. The highest BCUT2D eigenvalue weighted by atomic mass is 19.1. The van der Waals surface area contributed by atoms with Gasteiger partial charge in [-0.2, -0.15) is 0 Å². The quantitative estimate of drug-likeness (QED) is 0.807. The summed E-state index contributed by atoms with van der Waals surface area (Å²) in [4.78, 5) is 24.3. The summed E-state index contributed by atoms with van der Waals surface area (Å²) in [7, 11) is 4.29. The van der Waals surface area contributed by atoms with Crippen molar-refractivity contribution in [2.45, 2.75) is 0 Å². The molecule has 2 aromatic carbocycles. The van der Waals surface area contributed by atoms with Crippen LogP contribution in [0.1, 0.15) is 20.7 Å². The Morgan fingerprint density at radius 1 is 0.800 bits per heavy atom. The van der Waals surface area contributed by atoms with Gasteiger partial charge in [0.2, 0.25) is 0 Å². The molecule has 25 heavy (non-hydrogen) atoms. The molecule has 0 aliphatic carbocycles. The summed E-state index contributed by atoms with van der Waals surface area (Å²) in [5.41, 5.74) is 4.85. The lowest BCUT2D eigenvalue weighted by Gasteiger charge is -2.14. The molecular formula is C17H17FN2O5. The molecule has 0 unspecified atom stereocenters. The molecule has 2 rings (SSSR count). The number of nitrogens with one attached hydrogen (secondary N) is 2. The molecule has 8 heteroatoms. The predicted octanol–water partition coefficient (Wildman–Crippen LogP) is 1.93. The van der Waals surface area contributed by atoms with Crippen molar-refractivity contribution in [1.29, 1.82) is 0 Å². The topological polar surface area (TPSA) is 85.9 Å². The Morgan fingerprint density at radius 2 is 1.32 bits per heavy atom. The maximum atomic E-state index is 12.9. The maximum absolute atomic E-state index is 12.9. The number of carbonyl (C=O) groups excluding carboxylic acids is 2. The van der Waals surface area contributed by atoms with Gasteiger partial charge < -0.3 is 14.2 Å². The van der Waals surface area contributed by atoms with E-state index in [0.29, 0.717) is 11.5 Å². The van der Waals surface area contributed by atoms with E-state index in [1.54, 1.807) is 0 Å². The average Bonchev–Trinajstić information content (AvgIpc) is 2.65. The molecule has 132 valence electrons. The van der Waals surface area contributed by atoms with Gasteiger partial charge in [-0.3, -0.25) is 20.4 Å². The lowest BCUT2D eigenvalue weighted by molar-refractivity contribution is 0.0844. The second-order valence-corrected chi connectivity index (χ2v) is 4.82. The average molecular weight is 348 g/mol. The van der Waals surface area contributed by atoms with Crippen LogP contribution in [-0.4, -0.2) is 33.1 Å². The minimum absolute atomic E-state index is 0.138. The number of benzene rings is 2. The first-order chi connectivity index (χ1) is 12.0. The highest BCUT2D eigenvalue weighted by Crippen LogP contribution is 2.34. The number of carbonyl (C=O) groups is 2. The van der Waals surface area contributed by atoms with Crippen molar-refractivity contribution in [3.63, 3.8) is 0 Å². The van der Waals surface area contributed by atoms with Crippen LogP contribution >= 0.6 is 0 Å². The molecule has 0 saturated heterocycles. The van der Waals surface area contributed by atoms with Crippen LogP contribution in [0.5, 0.6) is 17.2 Å². The summed E-state index contributed by atoms with van der Waals surface area (Å²) >= 11 is 0. The van der Waals surface area contributed by atoms with Gasteiger partial charge in [-0.25, -0.2) is 4.39 Å². The second kappa shape index (κ2) is 8.00. The van der Waals surface area contributed by atoms with Gasteiger partial charge in [0.05, 0.1) is 26.9 Å². The van der Waals surface area contributed by atoms with E-state index in [1.165, 1.54) is 45.6 Å². The van der Waals surface area contributed by atoms with Gasteiger partial charge in [0, 0.05) is 17.7 Å². The van der Waals surface area contributed by atoms with Crippen molar-refractivity contribution in [2.24, 2.45) is 0 Å². The van der Waals surface area contributed by atoms with Crippen molar-refractivity contribution < 1.29 is 28.2 Å². The monoisotopic (exact) mass is 348 g/mol. The summed E-state index contributed by atoms with van der Waals surface area (Å²) in [5, 5.41) is 0. The minimum Gasteiger partial charge on any atom is -0.496 e. The Balaban J connectivity index is 2.14. The van der Waals surface area contributed by atoms with Crippen molar-refractivity contribution in [2.75, 3.05) is 21.3 Å². The first-order valence-corrected chi connectivity index (χ1v) is 7.16. The summed E-state index contributed by atoms with van der Waals surface area (Å²) in [5.74, 6) is -0.701. The summed E-state index contributed by atoms with van der Waals surface area (Å²) in [6.45, 7) is 0. The van der Waals surface area contributed by atoms with Crippen LogP contribution in [0.25, 0.3) is 0 Å². The molecule has 0 radical (unpaired) electrons. The number of hydrazine groups is 1. The van der Waals surface area contributed by atoms with Gasteiger partial charge in [0.25, 0.3) is 11.8 Å². The number of hydrogen-bond donors (Lipinski definition) is 2. The number of ether oxygens (including phenoxy) is 3. The second-order valence-electron chi connectivity index (χ2n) is 4.82. The number of methoxy groups -OCH3 is 3. The first-order valence-electron chi connectivity index (χ1n) is 7.16. The number of hydrogen-bond acceptors (Lipinski definition) is 5. The van der Waals surface area contributed by atoms with E-state index in [0.717, 1.165) is 12.1 Å². The van der Waals surface area contributed by atoms with E-state index in [2.05, 4.69) is 10.9 Å². The van der Waals surface area contributed by atoms with Crippen molar-refractivity contribution >= 4 is 11.8 Å². The van der Waals surface area contributed by atoms with Gasteiger partial charge in [-0.15, -0.1) is 0 Å². The van der Waals surface area contributed by atoms with Gasteiger partial charge in [0.1, 0.15) is 11.6 Å². The molecule has 2 N–H and O–H groups in total. The Labute approximate surface area is 143 Å². The van der Waals surface area contributed by atoms with E-state index in [9.17, 15) is 14.0 Å². The van der Waals surface area contributed by atoms with E-state index in [4.69, 9.17) is 14.2 Å². The maximum Gasteiger partial charge on any atom is 0.273 e. The highest BCUT2D eigenvalue weighted by Gasteiger charge is 2.18. The number of amides is 2. The summed E-state index contributed by atoms with van der Waals surface area (Å²) < 4.78 is 28.3. The van der Waals surface area contributed by atoms with Crippen molar-refractivity contribution in [3.8, 4) is 17.2 Å². The fourth-order valence-corrected chi connectivity index (χ4v) is 2.06. The normalized spacial score (nSPS) is 9.92. The molecule has 0 atom stereocenters. The molecule has 0 saturated carbocycles. The highest BCUT2D eigenvalue weighted by molar-refractivity contribution is 6.01. The molecule has 2 aromatic rings. The van der Waals surface area contributed by atoms with Gasteiger partial charge in [-0.05, 0) is 24.3 Å². The third-order valence-electron chi connectivity index (χ3n) is 3.35. The van der Waals surface area contributed by atoms with Crippen molar-refractivity contribution in [1.82, 2.24) is 10.9 Å². The summed E-state index contributed by atoms with van der Waals surface area (Å²) in [6, 6.07) is 7.82. The lowest BCUT2D eigenvalue weighted by atomic mass is 10.1. The van der Waals surface area contributed by atoms with Crippen LogP contribution in [-0.2, 0) is 0 Å². The SMILES string of the molecule is COc1cc(OC)c(C(=O)NNC(=O)c2ccc(F)cc2)cc1OC. The minimum atomic E-state index is -0.617. The van der Waals surface area contributed by atoms with Crippen LogP contribution in [0.15, 0.2) is 36.4 Å². The molecule has 7 nitrogen and oxygen atoms in total. The van der Waals surface area contributed by atoms with E-state index >= 15 is 0 Å². The Hall–Kier alpha value is -3.29. The molecule has 0 aliphatic heterocycles. The van der Waals surface area contributed by atoms with Crippen LogP contribution in [0.2, 0.25) is 0 Å². The third kappa shape index (κ3) is 4.17. The van der Waals surface area contributed by atoms with Gasteiger partial charge in [0.15, 0.2) is 11.5 Å². The zero-order chi connectivity index (χ0) is 18.4. The molecule has 0 spiro atoms. The number of halogens is 1. The molecule has 0 aromatic heterocycles. The summed E-state index contributed by atoms with van der Waals surface area (Å²) in [6.07, 6.45) is 0. The Bertz CT molecular complexity index is 777. The fraction of sp³-hybridized carbons (Fsp3) is 0.176. The molecule has 2 amide bonds. The van der Waals surface area contributed by atoms with E-state index in [-0.39, 0.29) is 16.9 Å². The van der Waals surface area contributed by atoms with Gasteiger partial charge in [-0.1, -0.05) is 0 Å².